The number of nitrogens with two attached hydrogens (primary N) is 1. The van der Waals surface area contributed by atoms with E-state index < -0.39 is 16.7 Å². The van der Waals surface area contributed by atoms with Crippen LogP contribution in [-0.4, -0.2) is 37.3 Å². The Morgan fingerprint density at radius 2 is 2.13 bits per heavy atom. The van der Waals surface area contributed by atoms with Gasteiger partial charge in [-0.1, -0.05) is 17.8 Å². The maximum atomic E-state index is 12.4. The molecule has 0 radical (unpaired) electrons. The molecule has 2 heterocycles. The fraction of sp³-hybridized carbons (Fsp3) is 0.263. The van der Waals surface area contributed by atoms with Crippen LogP contribution in [0.15, 0.2) is 46.2 Å². The Bertz CT molecular complexity index is 1100. The molecule has 3 rings (SSSR count). The van der Waals surface area contributed by atoms with E-state index in [1.165, 1.54) is 18.4 Å². The van der Waals surface area contributed by atoms with Gasteiger partial charge in [-0.25, -0.2) is 0 Å². The number of nitrogens with zero attached hydrogens (tertiary/aromatic N) is 4. The second-order valence-corrected chi connectivity index (χ2v) is 7.59. The number of carbonyl (C=O) groups is 2. The lowest BCUT2D eigenvalue weighted by molar-refractivity contribution is -0.384. The fourth-order valence-corrected chi connectivity index (χ4v) is 3.53. The average molecular weight is 444 g/mol. The van der Waals surface area contributed by atoms with Gasteiger partial charge in [0.25, 0.3) is 5.69 Å². The van der Waals surface area contributed by atoms with Crippen molar-refractivity contribution in [1.82, 2.24) is 14.8 Å². The van der Waals surface area contributed by atoms with E-state index in [2.05, 4.69) is 15.5 Å². The molecule has 0 saturated carbocycles. The van der Waals surface area contributed by atoms with Gasteiger partial charge >= 0.3 is 0 Å². The first-order chi connectivity index (χ1) is 14.8. The standard InChI is InChI=1S/C19H20N6O5S/c1-12-4-5-14(15(9-12)25(28)29)21-18(27)11-31-19-23-22-17(7-6-16(20)26)24(19)10-13-3-2-8-30-13/h2-5,8-9H,6-7,10-11H2,1H3,(H2,20,26)(H,21,27). The second-order valence-electron chi connectivity index (χ2n) is 6.65. The summed E-state index contributed by atoms with van der Waals surface area (Å²) in [6.45, 7) is 2.05. The number of aryl methyl sites for hydroxylation is 2. The van der Waals surface area contributed by atoms with Crippen molar-refractivity contribution in [3.63, 3.8) is 0 Å². The van der Waals surface area contributed by atoms with Gasteiger partial charge in [-0.2, -0.15) is 0 Å². The molecule has 11 nitrogen and oxygen atoms in total. The highest BCUT2D eigenvalue weighted by atomic mass is 32.2. The van der Waals surface area contributed by atoms with Crippen molar-refractivity contribution in [2.45, 2.75) is 31.5 Å². The molecule has 1 aromatic carbocycles. The predicted molar refractivity (Wildman–Crippen MR) is 113 cm³/mol. The van der Waals surface area contributed by atoms with E-state index in [1.54, 1.807) is 29.7 Å². The third kappa shape index (κ3) is 5.92. The summed E-state index contributed by atoms with van der Waals surface area (Å²) >= 11 is 1.12. The first kappa shape index (κ1) is 22.0. The largest absolute Gasteiger partial charge is 0.467 e. The fourth-order valence-electron chi connectivity index (χ4n) is 2.78. The first-order valence-corrected chi connectivity index (χ1v) is 10.2. The quantitative estimate of drug-likeness (QED) is 0.274. The molecule has 0 aliphatic heterocycles. The molecular formula is C19H20N6O5S. The summed E-state index contributed by atoms with van der Waals surface area (Å²) in [4.78, 5) is 34.2. The lowest BCUT2D eigenvalue weighted by Gasteiger charge is -2.09. The molecule has 31 heavy (non-hydrogen) atoms. The lowest BCUT2D eigenvalue weighted by atomic mass is 10.2. The lowest BCUT2D eigenvalue weighted by Crippen LogP contribution is -2.16. The van der Waals surface area contributed by atoms with E-state index in [0.717, 1.165) is 11.8 Å². The van der Waals surface area contributed by atoms with Crippen LogP contribution in [0.2, 0.25) is 0 Å². The number of hydrogen-bond donors (Lipinski definition) is 2. The number of nitro benzene ring substituents is 1. The molecular weight excluding hydrogens is 424 g/mol. The molecule has 2 aromatic heterocycles. The molecule has 0 saturated heterocycles. The van der Waals surface area contributed by atoms with Crippen molar-refractivity contribution in [2.24, 2.45) is 5.73 Å². The molecule has 0 atom stereocenters. The normalized spacial score (nSPS) is 10.7. The van der Waals surface area contributed by atoms with E-state index in [9.17, 15) is 19.7 Å². The molecule has 0 aliphatic rings. The number of furan rings is 1. The van der Waals surface area contributed by atoms with E-state index in [0.29, 0.717) is 35.3 Å². The third-order valence-corrected chi connectivity index (χ3v) is 5.21. The Morgan fingerprint density at radius 3 is 2.81 bits per heavy atom. The van der Waals surface area contributed by atoms with Crippen molar-refractivity contribution in [3.05, 3.63) is 63.9 Å². The zero-order chi connectivity index (χ0) is 22.4. The van der Waals surface area contributed by atoms with Crippen LogP contribution in [0.5, 0.6) is 0 Å². The van der Waals surface area contributed by atoms with E-state index in [-0.39, 0.29) is 23.5 Å². The number of benzene rings is 1. The van der Waals surface area contributed by atoms with E-state index >= 15 is 0 Å². The van der Waals surface area contributed by atoms with Gasteiger partial charge in [0.05, 0.1) is 23.5 Å². The van der Waals surface area contributed by atoms with Crippen LogP contribution in [-0.2, 0) is 22.6 Å². The monoisotopic (exact) mass is 444 g/mol. The summed E-state index contributed by atoms with van der Waals surface area (Å²) in [6.07, 6.45) is 1.95. The first-order valence-electron chi connectivity index (χ1n) is 9.24. The molecule has 0 bridgehead atoms. The predicted octanol–water partition coefficient (Wildman–Crippen LogP) is 2.28. The van der Waals surface area contributed by atoms with Gasteiger partial charge in [-0.3, -0.25) is 24.3 Å². The van der Waals surface area contributed by atoms with Gasteiger partial charge in [-0.15, -0.1) is 10.2 Å². The second kappa shape index (κ2) is 9.89. The summed E-state index contributed by atoms with van der Waals surface area (Å²) in [6, 6.07) is 8.11. The van der Waals surface area contributed by atoms with Crippen molar-refractivity contribution < 1.29 is 18.9 Å². The molecule has 3 aromatic rings. The Kier molecular flexibility index (Phi) is 7.03. The molecule has 0 spiro atoms. The molecule has 162 valence electrons. The van der Waals surface area contributed by atoms with Gasteiger partial charge in [0.2, 0.25) is 11.8 Å². The van der Waals surface area contributed by atoms with Crippen LogP contribution in [0.4, 0.5) is 11.4 Å². The number of thioether (sulfide) groups is 1. The Labute approximate surface area is 181 Å². The minimum absolute atomic E-state index is 0.0445. The molecule has 2 amide bonds. The van der Waals surface area contributed by atoms with Crippen molar-refractivity contribution in [3.8, 4) is 0 Å². The summed E-state index contributed by atoms with van der Waals surface area (Å²) in [5, 5.41) is 22.4. The maximum absolute atomic E-state index is 12.4. The van der Waals surface area contributed by atoms with Gasteiger partial charge in [0.1, 0.15) is 17.3 Å². The molecule has 3 N–H and O–H groups in total. The molecule has 0 fully saturated rings. The Hall–Kier alpha value is -3.67. The zero-order valence-corrected chi connectivity index (χ0v) is 17.4. The summed E-state index contributed by atoms with van der Waals surface area (Å²) < 4.78 is 7.12. The Morgan fingerprint density at radius 1 is 1.32 bits per heavy atom. The Balaban J connectivity index is 1.71. The van der Waals surface area contributed by atoms with Crippen LogP contribution >= 0.6 is 11.8 Å². The minimum atomic E-state index is -0.541. The van der Waals surface area contributed by atoms with Crippen LogP contribution in [0.25, 0.3) is 0 Å². The molecule has 0 aliphatic carbocycles. The number of carbonyl (C=O) groups excluding carboxylic acids is 2. The number of rotatable bonds is 10. The zero-order valence-electron chi connectivity index (χ0n) is 16.6. The number of anilines is 1. The van der Waals surface area contributed by atoms with E-state index in [4.69, 9.17) is 10.2 Å². The number of nitro groups is 1. The highest BCUT2D eigenvalue weighted by Gasteiger charge is 2.19. The van der Waals surface area contributed by atoms with Crippen molar-refractivity contribution in [2.75, 3.05) is 11.1 Å². The number of amides is 2. The third-order valence-electron chi connectivity index (χ3n) is 4.24. The SMILES string of the molecule is Cc1ccc(NC(=O)CSc2nnc(CCC(N)=O)n2Cc2ccco2)c([N+](=O)[O-])c1. The van der Waals surface area contributed by atoms with Crippen LogP contribution in [0, 0.1) is 17.0 Å². The van der Waals surface area contributed by atoms with Gasteiger partial charge in [0.15, 0.2) is 5.16 Å². The van der Waals surface area contributed by atoms with Crippen LogP contribution in [0.3, 0.4) is 0 Å². The van der Waals surface area contributed by atoms with Crippen molar-refractivity contribution >= 4 is 35.0 Å². The number of primary amides is 1. The van der Waals surface area contributed by atoms with Gasteiger partial charge in [0, 0.05) is 18.9 Å². The molecule has 0 unspecified atom stereocenters. The topological polar surface area (TPSA) is 159 Å². The highest BCUT2D eigenvalue weighted by molar-refractivity contribution is 7.99. The van der Waals surface area contributed by atoms with Crippen molar-refractivity contribution in [1.29, 1.82) is 0 Å². The summed E-state index contributed by atoms with van der Waals surface area (Å²) in [7, 11) is 0. The number of nitrogens with one attached hydrogen (secondary N) is 1. The number of aromatic nitrogens is 3. The number of hydrogen-bond acceptors (Lipinski definition) is 8. The average Bonchev–Trinajstić information content (AvgIpc) is 3.36. The smallest absolute Gasteiger partial charge is 0.293 e. The van der Waals surface area contributed by atoms with Gasteiger partial charge < -0.3 is 15.5 Å². The minimum Gasteiger partial charge on any atom is -0.467 e. The molecule has 12 heteroatoms. The van der Waals surface area contributed by atoms with Gasteiger partial charge in [-0.05, 0) is 30.7 Å². The summed E-state index contributed by atoms with van der Waals surface area (Å²) in [5.41, 5.74) is 5.90. The highest BCUT2D eigenvalue weighted by Crippen LogP contribution is 2.26. The van der Waals surface area contributed by atoms with E-state index in [1.807, 2.05) is 0 Å². The summed E-state index contributed by atoms with van der Waals surface area (Å²) in [5.74, 6) is 0.259. The van der Waals surface area contributed by atoms with Crippen LogP contribution in [0.1, 0.15) is 23.6 Å². The maximum Gasteiger partial charge on any atom is 0.293 e. The van der Waals surface area contributed by atoms with Crippen LogP contribution < -0.4 is 11.1 Å².